The minimum atomic E-state index is -1.38. The van der Waals surface area contributed by atoms with Gasteiger partial charge in [-0.25, -0.2) is 9.78 Å². The molecule has 176 valence electrons. The molecule has 0 aliphatic carbocycles. The third-order valence-electron chi connectivity index (χ3n) is 5.58. The van der Waals surface area contributed by atoms with Crippen LogP contribution in [0.25, 0.3) is 10.6 Å². The molecular weight excluding hydrogens is 454 g/mol. The van der Waals surface area contributed by atoms with Crippen molar-refractivity contribution in [2.75, 3.05) is 6.54 Å². The highest BCUT2D eigenvalue weighted by Gasteiger charge is 2.31. The molecule has 1 saturated heterocycles. The maximum Gasteiger partial charge on any atom is 0.507 e. The molecule has 2 N–H and O–H groups in total. The van der Waals surface area contributed by atoms with E-state index in [0.29, 0.717) is 36.5 Å². The molecule has 2 heterocycles. The number of rotatable bonds is 7. The van der Waals surface area contributed by atoms with E-state index in [4.69, 9.17) is 9.84 Å². The van der Waals surface area contributed by atoms with Gasteiger partial charge in [-0.15, -0.1) is 11.3 Å². The first kappa shape index (κ1) is 23.4. The van der Waals surface area contributed by atoms with Crippen LogP contribution in [0.15, 0.2) is 54.6 Å². The van der Waals surface area contributed by atoms with E-state index in [9.17, 15) is 14.4 Å². The van der Waals surface area contributed by atoms with E-state index in [1.54, 1.807) is 0 Å². The van der Waals surface area contributed by atoms with Crippen molar-refractivity contribution in [3.8, 4) is 10.6 Å². The Morgan fingerprint density at radius 1 is 1.15 bits per heavy atom. The van der Waals surface area contributed by atoms with Crippen molar-refractivity contribution < 1.29 is 24.2 Å². The van der Waals surface area contributed by atoms with Crippen molar-refractivity contribution >= 4 is 29.3 Å². The molecule has 2 aromatic carbocycles. The zero-order valence-electron chi connectivity index (χ0n) is 18.7. The monoisotopic (exact) mass is 479 g/mol. The number of hydrogen-bond acceptors (Lipinski definition) is 6. The summed E-state index contributed by atoms with van der Waals surface area (Å²) in [6.07, 6.45) is -0.757. The molecule has 0 spiro atoms. The lowest BCUT2D eigenvalue weighted by molar-refractivity contribution is -0.138. The summed E-state index contributed by atoms with van der Waals surface area (Å²) in [5.74, 6) is -0.372. The molecule has 1 aliphatic heterocycles. The Morgan fingerprint density at radius 3 is 2.68 bits per heavy atom. The van der Waals surface area contributed by atoms with Gasteiger partial charge in [0.2, 0.25) is 5.91 Å². The molecule has 1 fully saturated rings. The normalized spacial score (nSPS) is 15.2. The molecule has 3 aromatic rings. The van der Waals surface area contributed by atoms with Crippen molar-refractivity contribution in [3.63, 3.8) is 0 Å². The number of carboxylic acid groups (broad SMARTS) is 1. The van der Waals surface area contributed by atoms with E-state index in [1.165, 1.54) is 16.2 Å². The summed E-state index contributed by atoms with van der Waals surface area (Å²) in [4.78, 5) is 42.9. The predicted molar refractivity (Wildman–Crippen MR) is 127 cm³/mol. The second-order valence-electron chi connectivity index (χ2n) is 8.05. The summed E-state index contributed by atoms with van der Waals surface area (Å²) >= 11 is 1.36. The van der Waals surface area contributed by atoms with Crippen LogP contribution in [0.4, 0.5) is 4.79 Å². The molecule has 0 saturated carbocycles. The summed E-state index contributed by atoms with van der Waals surface area (Å²) in [5, 5.41) is 12.6. The van der Waals surface area contributed by atoms with Crippen LogP contribution in [-0.2, 0) is 22.5 Å². The Bertz CT molecular complexity index is 1190. The van der Waals surface area contributed by atoms with Crippen molar-refractivity contribution in [1.82, 2.24) is 15.2 Å². The molecule has 1 atom stereocenters. The van der Waals surface area contributed by atoms with Crippen LogP contribution in [-0.4, -0.2) is 45.7 Å². The van der Waals surface area contributed by atoms with E-state index in [0.717, 1.165) is 21.7 Å². The first-order valence-electron chi connectivity index (χ1n) is 11.0. The van der Waals surface area contributed by atoms with Gasteiger partial charge in [0.05, 0.1) is 12.1 Å². The first-order valence-corrected chi connectivity index (χ1v) is 11.8. The molecule has 2 amide bonds. The number of nitrogens with zero attached hydrogens (tertiary/aromatic N) is 2. The quantitative estimate of drug-likeness (QED) is 0.491. The average Bonchev–Trinajstić information content (AvgIpc) is 3.44. The Morgan fingerprint density at radius 2 is 1.91 bits per heavy atom. The molecule has 1 aliphatic rings. The minimum Gasteiger partial charge on any atom is -0.450 e. The molecule has 4 rings (SSSR count). The lowest BCUT2D eigenvalue weighted by Gasteiger charge is -2.23. The Kier molecular flexibility index (Phi) is 7.22. The van der Waals surface area contributed by atoms with Gasteiger partial charge < -0.3 is 20.1 Å². The maximum absolute atomic E-state index is 12.8. The number of carbonyl (C=O) groups excluding carboxylic acids is 2. The summed E-state index contributed by atoms with van der Waals surface area (Å²) in [6, 6.07) is 17.2. The Labute approximate surface area is 201 Å². The van der Waals surface area contributed by atoms with Crippen molar-refractivity contribution in [2.45, 2.75) is 39.0 Å². The number of carbonyl (C=O) groups is 3. The van der Waals surface area contributed by atoms with Crippen LogP contribution in [0.5, 0.6) is 0 Å². The van der Waals surface area contributed by atoms with E-state index in [-0.39, 0.29) is 18.2 Å². The van der Waals surface area contributed by atoms with Crippen LogP contribution in [0.3, 0.4) is 0 Å². The number of nitrogens with one attached hydrogen (secondary N) is 1. The SMILES string of the molecule is Cc1nc(-c2ccccc2)sc1C(=O)NCc1cccc(CC(=O)N2CCC[C@H]2OC(=O)O)c1. The van der Waals surface area contributed by atoms with Gasteiger partial charge in [-0.3, -0.25) is 9.59 Å². The summed E-state index contributed by atoms with van der Waals surface area (Å²) in [6.45, 7) is 2.61. The Hall–Kier alpha value is -3.72. The fraction of sp³-hybridized carbons (Fsp3) is 0.280. The van der Waals surface area contributed by atoms with Gasteiger partial charge in [0.25, 0.3) is 5.91 Å². The van der Waals surface area contributed by atoms with Gasteiger partial charge >= 0.3 is 6.16 Å². The second kappa shape index (κ2) is 10.5. The number of aromatic nitrogens is 1. The molecule has 0 bridgehead atoms. The summed E-state index contributed by atoms with van der Waals surface area (Å²) in [5.41, 5.74) is 3.31. The number of hydrogen-bond donors (Lipinski definition) is 2. The van der Waals surface area contributed by atoms with E-state index in [1.807, 2.05) is 61.5 Å². The number of ether oxygens (including phenoxy) is 1. The molecule has 34 heavy (non-hydrogen) atoms. The molecule has 9 heteroatoms. The standard InChI is InChI=1S/C25H25N3O5S/c1-16-22(34-24(27-16)19-9-3-2-4-10-19)23(30)26-15-18-8-5-7-17(13-18)14-20(29)28-12-6-11-21(28)33-25(31)32/h2-5,7-10,13,21H,6,11-12,14-15H2,1H3,(H,26,30)(H,31,32)/t21-/m1/s1. The van der Waals surface area contributed by atoms with Crippen LogP contribution in [0.2, 0.25) is 0 Å². The lowest BCUT2D eigenvalue weighted by atomic mass is 10.1. The van der Waals surface area contributed by atoms with Gasteiger partial charge in [0, 0.05) is 25.1 Å². The topological polar surface area (TPSA) is 109 Å². The highest BCUT2D eigenvalue weighted by Crippen LogP contribution is 2.27. The fourth-order valence-electron chi connectivity index (χ4n) is 3.96. The lowest BCUT2D eigenvalue weighted by Crippen LogP contribution is -2.39. The molecule has 0 radical (unpaired) electrons. The Balaban J connectivity index is 1.37. The first-order chi connectivity index (χ1) is 16.4. The van der Waals surface area contributed by atoms with Crippen molar-refractivity contribution in [2.24, 2.45) is 0 Å². The van der Waals surface area contributed by atoms with Crippen molar-refractivity contribution in [1.29, 1.82) is 0 Å². The fourth-order valence-corrected chi connectivity index (χ4v) is 4.95. The highest BCUT2D eigenvalue weighted by molar-refractivity contribution is 7.17. The molecular formula is C25H25N3O5S. The number of benzene rings is 2. The largest absolute Gasteiger partial charge is 0.507 e. The average molecular weight is 480 g/mol. The van der Waals surface area contributed by atoms with Gasteiger partial charge in [-0.2, -0.15) is 0 Å². The maximum atomic E-state index is 12.8. The van der Waals surface area contributed by atoms with Crippen LogP contribution < -0.4 is 5.32 Å². The number of thiazole rings is 1. The third kappa shape index (κ3) is 5.60. The molecule has 1 aromatic heterocycles. The number of aryl methyl sites for hydroxylation is 1. The van der Waals surface area contributed by atoms with Gasteiger partial charge in [0.15, 0.2) is 6.23 Å². The summed E-state index contributed by atoms with van der Waals surface area (Å²) in [7, 11) is 0. The molecule has 0 unspecified atom stereocenters. The van der Waals surface area contributed by atoms with Crippen molar-refractivity contribution in [3.05, 3.63) is 76.3 Å². The zero-order chi connectivity index (χ0) is 24.1. The third-order valence-corrected chi connectivity index (χ3v) is 6.78. The van der Waals surface area contributed by atoms with Crippen LogP contribution in [0, 0.1) is 6.92 Å². The van der Waals surface area contributed by atoms with Gasteiger partial charge in [-0.05, 0) is 24.5 Å². The smallest absolute Gasteiger partial charge is 0.450 e. The minimum absolute atomic E-state index is 0.135. The predicted octanol–water partition coefficient (Wildman–Crippen LogP) is 4.23. The van der Waals surface area contributed by atoms with E-state index < -0.39 is 12.4 Å². The van der Waals surface area contributed by atoms with E-state index in [2.05, 4.69) is 10.3 Å². The number of likely N-dealkylation sites (tertiary alicyclic amines) is 1. The van der Waals surface area contributed by atoms with Gasteiger partial charge in [-0.1, -0.05) is 54.6 Å². The van der Waals surface area contributed by atoms with Gasteiger partial charge in [0.1, 0.15) is 9.88 Å². The zero-order valence-corrected chi connectivity index (χ0v) is 19.5. The summed E-state index contributed by atoms with van der Waals surface area (Å²) < 4.78 is 4.82. The number of amides is 2. The second-order valence-corrected chi connectivity index (χ2v) is 9.05. The highest BCUT2D eigenvalue weighted by atomic mass is 32.1. The van der Waals surface area contributed by atoms with Crippen LogP contribution >= 0.6 is 11.3 Å². The molecule has 8 nitrogen and oxygen atoms in total. The van der Waals surface area contributed by atoms with E-state index >= 15 is 0 Å². The van der Waals surface area contributed by atoms with Crippen LogP contribution in [0.1, 0.15) is 39.3 Å².